The summed E-state index contributed by atoms with van der Waals surface area (Å²) < 4.78 is 3.23. The van der Waals surface area contributed by atoms with Crippen LogP contribution in [0.3, 0.4) is 0 Å². The standard InChI is InChI=1S/C18H18N6O2.C4H10/c1-18(2,26)13-8-14-11(10-23(3)22-14)7-15(13)21-17(25)12-9-20-24-6-4-5-19-16(12)24;1-3-4-2/h4-10,26H,1-3H3,(H,21,25);3-4H2,1-2H3. The fourth-order valence-corrected chi connectivity index (χ4v) is 2.98. The van der Waals surface area contributed by atoms with E-state index in [1.54, 1.807) is 43.1 Å². The number of fused-ring (bicyclic) bond motifs is 2. The Hall–Kier alpha value is -3.26. The molecular formula is C22H28N6O2. The largest absolute Gasteiger partial charge is 0.386 e. The zero-order valence-electron chi connectivity index (χ0n) is 18.0. The third-order valence-electron chi connectivity index (χ3n) is 4.69. The Morgan fingerprint density at radius 3 is 2.63 bits per heavy atom. The Labute approximate surface area is 175 Å². The summed E-state index contributed by atoms with van der Waals surface area (Å²) >= 11 is 0. The molecule has 1 aromatic carbocycles. The molecule has 0 unspecified atom stereocenters. The fraction of sp³-hybridized carbons (Fsp3) is 0.364. The number of benzene rings is 1. The van der Waals surface area contributed by atoms with Gasteiger partial charge in [-0.15, -0.1) is 0 Å². The van der Waals surface area contributed by atoms with Crippen LogP contribution >= 0.6 is 0 Å². The molecule has 0 saturated heterocycles. The number of hydrogen-bond acceptors (Lipinski definition) is 5. The molecule has 0 spiro atoms. The third-order valence-corrected chi connectivity index (χ3v) is 4.69. The molecule has 0 saturated carbocycles. The molecule has 0 aliphatic carbocycles. The highest BCUT2D eigenvalue weighted by Gasteiger charge is 2.24. The minimum absolute atomic E-state index is 0.340. The number of rotatable bonds is 4. The van der Waals surface area contributed by atoms with Crippen LogP contribution < -0.4 is 5.32 Å². The van der Waals surface area contributed by atoms with Crippen LogP contribution in [0.4, 0.5) is 5.69 Å². The third kappa shape index (κ3) is 4.49. The lowest BCUT2D eigenvalue weighted by Gasteiger charge is -2.22. The van der Waals surface area contributed by atoms with Crippen LogP contribution in [0.2, 0.25) is 0 Å². The summed E-state index contributed by atoms with van der Waals surface area (Å²) in [4.78, 5) is 17.0. The predicted octanol–water partition coefficient (Wildman–Crippen LogP) is 3.90. The first kappa shape index (κ1) is 21.4. The second kappa shape index (κ2) is 8.62. The number of aromatic nitrogens is 5. The van der Waals surface area contributed by atoms with Crippen molar-refractivity contribution in [3.63, 3.8) is 0 Å². The first-order valence-electron chi connectivity index (χ1n) is 10.0. The SMILES string of the molecule is CCCC.Cn1cc2cc(NC(=O)c3cnn4cccnc34)c(C(C)(C)O)cc2n1. The molecule has 8 heteroatoms. The Morgan fingerprint density at radius 1 is 1.23 bits per heavy atom. The van der Waals surface area contributed by atoms with Crippen LogP contribution in [0.25, 0.3) is 16.6 Å². The van der Waals surface area contributed by atoms with Gasteiger partial charge < -0.3 is 10.4 Å². The van der Waals surface area contributed by atoms with Gasteiger partial charge in [0, 0.05) is 42.3 Å². The van der Waals surface area contributed by atoms with Gasteiger partial charge in [-0.3, -0.25) is 9.48 Å². The number of anilines is 1. The van der Waals surface area contributed by atoms with E-state index in [2.05, 4.69) is 34.3 Å². The summed E-state index contributed by atoms with van der Waals surface area (Å²) in [7, 11) is 1.83. The van der Waals surface area contributed by atoms with Crippen LogP contribution in [-0.2, 0) is 12.6 Å². The van der Waals surface area contributed by atoms with Crippen molar-refractivity contribution in [1.29, 1.82) is 0 Å². The van der Waals surface area contributed by atoms with Gasteiger partial charge in [-0.1, -0.05) is 26.7 Å². The lowest BCUT2D eigenvalue weighted by molar-refractivity contribution is 0.0794. The first-order valence-corrected chi connectivity index (χ1v) is 10.0. The average molecular weight is 409 g/mol. The van der Waals surface area contributed by atoms with E-state index < -0.39 is 5.60 Å². The number of carbonyl (C=O) groups excluding carboxylic acids is 1. The quantitative estimate of drug-likeness (QED) is 0.534. The average Bonchev–Trinajstić information content (AvgIpc) is 3.29. The highest BCUT2D eigenvalue weighted by Crippen LogP contribution is 2.32. The zero-order chi connectivity index (χ0) is 21.9. The van der Waals surface area contributed by atoms with Crippen LogP contribution in [0.5, 0.6) is 0 Å². The molecule has 158 valence electrons. The highest BCUT2D eigenvalue weighted by molar-refractivity contribution is 6.09. The molecule has 0 bridgehead atoms. The van der Waals surface area contributed by atoms with Gasteiger partial charge in [0.15, 0.2) is 5.65 Å². The van der Waals surface area contributed by atoms with E-state index in [9.17, 15) is 9.90 Å². The van der Waals surface area contributed by atoms with Crippen LogP contribution in [0.15, 0.2) is 43.0 Å². The van der Waals surface area contributed by atoms with Gasteiger partial charge in [-0.25, -0.2) is 9.50 Å². The molecule has 30 heavy (non-hydrogen) atoms. The van der Waals surface area contributed by atoms with Crippen molar-refractivity contribution in [2.75, 3.05) is 5.32 Å². The summed E-state index contributed by atoms with van der Waals surface area (Å²) in [5.41, 5.74) is 1.55. The molecule has 4 aromatic rings. The summed E-state index contributed by atoms with van der Waals surface area (Å²) in [6.07, 6.45) is 9.31. The van der Waals surface area contributed by atoms with Crippen LogP contribution in [0, 0.1) is 0 Å². The van der Waals surface area contributed by atoms with E-state index in [4.69, 9.17) is 0 Å². The monoisotopic (exact) mass is 408 g/mol. The van der Waals surface area contributed by atoms with Crippen molar-refractivity contribution in [2.24, 2.45) is 7.05 Å². The van der Waals surface area contributed by atoms with Crippen molar-refractivity contribution in [3.05, 3.63) is 54.1 Å². The lowest BCUT2D eigenvalue weighted by atomic mass is 9.95. The van der Waals surface area contributed by atoms with E-state index in [0.717, 1.165) is 10.9 Å². The number of nitrogens with zero attached hydrogens (tertiary/aromatic N) is 5. The maximum Gasteiger partial charge on any atom is 0.261 e. The Kier molecular flexibility index (Phi) is 6.17. The van der Waals surface area contributed by atoms with Gasteiger partial charge in [0.05, 0.1) is 17.3 Å². The van der Waals surface area contributed by atoms with E-state index in [-0.39, 0.29) is 5.91 Å². The molecule has 2 N–H and O–H groups in total. The second-order valence-corrected chi connectivity index (χ2v) is 7.72. The number of nitrogens with one attached hydrogen (secondary N) is 1. The maximum atomic E-state index is 12.8. The smallest absolute Gasteiger partial charge is 0.261 e. The fourth-order valence-electron chi connectivity index (χ4n) is 2.98. The summed E-state index contributed by atoms with van der Waals surface area (Å²) in [6.45, 7) is 7.70. The van der Waals surface area contributed by atoms with Crippen molar-refractivity contribution in [2.45, 2.75) is 46.1 Å². The van der Waals surface area contributed by atoms with Gasteiger partial charge >= 0.3 is 0 Å². The lowest BCUT2D eigenvalue weighted by Crippen LogP contribution is -2.21. The van der Waals surface area contributed by atoms with Gasteiger partial charge in [-0.05, 0) is 32.0 Å². The van der Waals surface area contributed by atoms with E-state index >= 15 is 0 Å². The topological polar surface area (TPSA) is 97.3 Å². The van der Waals surface area contributed by atoms with Crippen molar-refractivity contribution >= 4 is 28.1 Å². The van der Waals surface area contributed by atoms with Gasteiger partial charge in [-0.2, -0.15) is 10.2 Å². The number of hydrogen-bond donors (Lipinski definition) is 2. The van der Waals surface area contributed by atoms with Gasteiger partial charge in [0.25, 0.3) is 5.91 Å². The molecule has 0 radical (unpaired) electrons. The molecule has 3 aromatic heterocycles. The van der Waals surface area contributed by atoms with Crippen molar-refractivity contribution in [3.8, 4) is 0 Å². The van der Waals surface area contributed by atoms with E-state index in [1.807, 2.05) is 19.3 Å². The van der Waals surface area contributed by atoms with Crippen molar-refractivity contribution < 1.29 is 9.90 Å². The summed E-state index contributed by atoms with van der Waals surface area (Å²) in [5, 5.41) is 22.8. The Balaban J connectivity index is 0.000000589. The number of carbonyl (C=O) groups is 1. The molecular weight excluding hydrogens is 380 g/mol. The van der Waals surface area contributed by atoms with E-state index in [1.165, 1.54) is 23.6 Å². The molecule has 0 atom stereocenters. The number of amides is 1. The molecule has 8 nitrogen and oxygen atoms in total. The Morgan fingerprint density at radius 2 is 1.97 bits per heavy atom. The van der Waals surface area contributed by atoms with Crippen molar-refractivity contribution in [1.82, 2.24) is 24.4 Å². The number of aryl methyl sites for hydroxylation is 1. The van der Waals surface area contributed by atoms with Crippen LogP contribution in [0.1, 0.15) is 56.5 Å². The molecule has 1 amide bonds. The molecule has 4 rings (SSSR count). The van der Waals surface area contributed by atoms with Gasteiger partial charge in [0.1, 0.15) is 5.56 Å². The number of unbranched alkanes of at least 4 members (excludes halogenated alkanes) is 1. The zero-order valence-corrected chi connectivity index (χ0v) is 18.0. The molecule has 3 heterocycles. The normalized spacial score (nSPS) is 11.4. The predicted molar refractivity (Wildman–Crippen MR) is 117 cm³/mol. The molecule has 0 aliphatic heterocycles. The minimum atomic E-state index is -1.15. The van der Waals surface area contributed by atoms with E-state index in [0.29, 0.717) is 22.5 Å². The minimum Gasteiger partial charge on any atom is -0.386 e. The summed E-state index contributed by atoms with van der Waals surface area (Å²) in [5.74, 6) is -0.340. The Bertz CT molecular complexity index is 1170. The van der Waals surface area contributed by atoms with Gasteiger partial charge in [0.2, 0.25) is 0 Å². The highest BCUT2D eigenvalue weighted by atomic mass is 16.3. The van der Waals surface area contributed by atoms with Crippen LogP contribution in [-0.4, -0.2) is 35.4 Å². The second-order valence-electron chi connectivity index (χ2n) is 7.72. The molecule has 0 fully saturated rings. The first-order chi connectivity index (χ1) is 14.2. The number of aliphatic hydroxyl groups is 1. The molecule has 0 aliphatic rings. The summed E-state index contributed by atoms with van der Waals surface area (Å²) in [6, 6.07) is 5.34. The maximum absolute atomic E-state index is 12.8.